The van der Waals surface area contributed by atoms with Crippen LogP contribution in [0.15, 0.2) is 16.9 Å². The Hall–Kier alpha value is -0.520. The maximum atomic E-state index is 9.00. The predicted octanol–water partition coefficient (Wildman–Crippen LogP) is 3.97. The largest absolute Gasteiger partial charge is 0.396 e. The molecule has 1 aliphatic rings. The van der Waals surface area contributed by atoms with E-state index in [9.17, 15) is 0 Å². The van der Waals surface area contributed by atoms with Crippen LogP contribution in [0.4, 0.5) is 0 Å². The molecule has 0 aromatic carbocycles. The smallest absolute Gasteiger partial charge is 0.0474 e. The second-order valence-corrected chi connectivity index (χ2v) is 4.47. The number of hydrogen-bond acceptors (Lipinski definition) is 1. The third-order valence-corrected chi connectivity index (χ3v) is 3.06. The molecule has 0 radical (unpaired) electrons. The van der Waals surface area contributed by atoms with Gasteiger partial charge in [-0.05, 0) is 56.1 Å². The molecule has 1 aliphatic carbocycles. The third-order valence-electron chi connectivity index (χ3n) is 3.06. The summed E-state index contributed by atoms with van der Waals surface area (Å²) in [6.45, 7) is 2.49. The molecule has 0 saturated heterocycles. The van der Waals surface area contributed by atoms with E-state index in [-0.39, 0.29) is 6.61 Å². The molecule has 0 aromatic heterocycles. The highest BCUT2D eigenvalue weighted by Gasteiger charge is 2.05. The van der Waals surface area contributed by atoms with Crippen LogP contribution in [0.5, 0.6) is 0 Å². The summed E-state index contributed by atoms with van der Waals surface area (Å²) in [4.78, 5) is 0. The Morgan fingerprint density at radius 2 is 1.93 bits per heavy atom. The zero-order valence-electron chi connectivity index (χ0n) is 10.0. The fraction of sp³-hybridized carbons (Fsp3) is 0.786. The Morgan fingerprint density at radius 1 is 1.20 bits per heavy atom. The summed E-state index contributed by atoms with van der Waals surface area (Å²) < 4.78 is 0. The van der Waals surface area contributed by atoms with Gasteiger partial charge in [-0.1, -0.05) is 19.8 Å². The molecule has 1 rings (SSSR count). The molecule has 0 amide bonds. The van der Waals surface area contributed by atoms with Gasteiger partial charge in [0.2, 0.25) is 0 Å². The lowest BCUT2D eigenvalue weighted by atomic mass is 9.94. The summed E-state index contributed by atoms with van der Waals surface area (Å²) >= 11 is 0. The normalized spacial score (nSPS) is 16.3. The van der Waals surface area contributed by atoms with Crippen molar-refractivity contribution in [3.8, 4) is 0 Å². The molecule has 1 fully saturated rings. The van der Waals surface area contributed by atoms with Gasteiger partial charge in [0.05, 0.1) is 0 Å². The average molecular weight is 208 g/mol. The van der Waals surface area contributed by atoms with Crippen molar-refractivity contribution >= 4 is 0 Å². The van der Waals surface area contributed by atoms with Gasteiger partial charge in [0.1, 0.15) is 0 Å². The molecule has 0 heterocycles. The van der Waals surface area contributed by atoms with E-state index in [4.69, 9.17) is 5.11 Å². The van der Waals surface area contributed by atoms with E-state index < -0.39 is 0 Å². The first-order valence-corrected chi connectivity index (χ1v) is 6.44. The Labute approximate surface area is 93.9 Å². The molecule has 0 aliphatic heterocycles. The Kier molecular flexibility index (Phi) is 6.47. The van der Waals surface area contributed by atoms with Crippen molar-refractivity contribution in [3.63, 3.8) is 0 Å². The van der Waals surface area contributed by atoms with Crippen LogP contribution in [0, 0.1) is 0 Å². The molecular formula is C14H24O. The molecule has 0 spiro atoms. The summed E-state index contributed by atoms with van der Waals surface area (Å²) in [5.74, 6) is 0. The van der Waals surface area contributed by atoms with Crippen molar-refractivity contribution in [2.45, 2.75) is 64.7 Å². The van der Waals surface area contributed by atoms with Gasteiger partial charge in [0.25, 0.3) is 0 Å². The lowest BCUT2D eigenvalue weighted by Gasteiger charge is -2.11. The highest BCUT2D eigenvalue weighted by molar-refractivity contribution is 5.11. The van der Waals surface area contributed by atoms with E-state index in [1.165, 1.54) is 56.1 Å². The maximum absolute atomic E-state index is 9.00. The zero-order chi connectivity index (χ0) is 10.9. The molecule has 1 heteroatoms. The Morgan fingerprint density at radius 3 is 2.53 bits per heavy atom. The van der Waals surface area contributed by atoms with Crippen molar-refractivity contribution in [2.75, 3.05) is 6.61 Å². The molecule has 15 heavy (non-hydrogen) atoms. The molecule has 0 atom stereocenters. The number of aliphatic hydroxyl groups is 1. The van der Waals surface area contributed by atoms with E-state index in [1.807, 2.05) is 0 Å². The minimum atomic E-state index is 0.277. The van der Waals surface area contributed by atoms with Crippen LogP contribution in [-0.2, 0) is 0 Å². The molecular weight excluding hydrogens is 184 g/mol. The maximum Gasteiger partial charge on any atom is 0.0474 e. The second-order valence-electron chi connectivity index (χ2n) is 4.47. The quantitative estimate of drug-likeness (QED) is 0.678. The van der Waals surface area contributed by atoms with E-state index in [2.05, 4.69) is 12.7 Å². The summed E-state index contributed by atoms with van der Waals surface area (Å²) in [6, 6.07) is 0. The first-order valence-electron chi connectivity index (χ1n) is 6.44. The molecule has 0 bridgehead atoms. The molecule has 1 nitrogen and oxygen atoms in total. The minimum Gasteiger partial charge on any atom is -0.396 e. The van der Waals surface area contributed by atoms with E-state index in [0.29, 0.717) is 0 Å². The predicted molar refractivity (Wildman–Crippen MR) is 64.9 cm³/mol. The van der Waals surface area contributed by atoms with Crippen LogP contribution in [0.25, 0.3) is 0 Å². The molecule has 0 aromatic rings. The van der Waals surface area contributed by atoms with Gasteiger partial charge in [-0.2, -0.15) is 0 Å². The fourth-order valence-corrected chi connectivity index (χ4v) is 2.13. The third kappa shape index (κ3) is 5.20. The number of hydrogen-bond donors (Lipinski definition) is 1. The SMILES string of the molecule is CCCCC(=C=C1CCCCC1)CCO. The van der Waals surface area contributed by atoms with Crippen molar-refractivity contribution in [2.24, 2.45) is 0 Å². The van der Waals surface area contributed by atoms with E-state index in [0.717, 1.165) is 12.8 Å². The summed E-state index contributed by atoms with van der Waals surface area (Å²) in [6.07, 6.45) is 10.9. The van der Waals surface area contributed by atoms with Gasteiger partial charge in [-0.25, -0.2) is 0 Å². The standard InChI is InChI=1S/C14H24O/c1-2-3-7-14(10-11-15)12-13-8-5-4-6-9-13/h15H,2-11H2,1H3. The first kappa shape index (κ1) is 12.5. The number of rotatable bonds is 5. The molecule has 1 N–H and O–H groups in total. The summed E-state index contributed by atoms with van der Waals surface area (Å²) in [7, 11) is 0. The highest BCUT2D eigenvalue weighted by Crippen LogP contribution is 2.23. The summed E-state index contributed by atoms with van der Waals surface area (Å²) in [5.41, 5.74) is 6.41. The van der Waals surface area contributed by atoms with Gasteiger partial charge in [0, 0.05) is 6.61 Å². The van der Waals surface area contributed by atoms with Crippen molar-refractivity contribution < 1.29 is 5.11 Å². The molecule has 86 valence electrons. The molecule has 1 saturated carbocycles. The average Bonchev–Trinajstić information content (AvgIpc) is 2.28. The zero-order valence-corrected chi connectivity index (χ0v) is 10.0. The second kappa shape index (κ2) is 7.73. The van der Waals surface area contributed by atoms with Crippen LogP contribution in [0.2, 0.25) is 0 Å². The van der Waals surface area contributed by atoms with Gasteiger partial charge in [-0.3, -0.25) is 0 Å². The van der Waals surface area contributed by atoms with Crippen LogP contribution in [-0.4, -0.2) is 11.7 Å². The monoisotopic (exact) mass is 208 g/mol. The fourth-order valence-electron chi connectivity index (χ4n) is 2.13. The van der Waals surface area contributed by atoms with E-state index >= 15 is 0 Å². The van der Waals surface area contributed by atoms with Crippen LogP contribution < -0.4 is 0 Å². The van der Waals surface area contributed by atoms with Crippen molar-refractivity contribution in [1.82, 2.24) is 0 Å². The van der Waals surface area contributed by atoms with Crippen LogP contribution >= 0.6 is 0 Å². The van der Waals surface area contributed by atoms with Gasteiger partial charge < -0.3 is 5.11 Å². The topological polar surface area (TPSA) is 20.2 Å². The minimum absolute atomic E-state index is 0.277. The number of aliphatic hydroxyl groups excluding tert-OH is 1. The van der Waals surface area contributed by atoms with Crippen LogP contribution in [0.3, 0.4) is 0 Å². The highest BCUT2D eigenvalue weighted by atomic mass is 16.2. The molecule has 0 unspecified atom stereocenters. The first-order chi connectivity index (χ1) is 7.36. The lowest BCUT2D eigenvalue weighted by molar-refractivity contribution is 0.297. The van der Waals surface area contributed by atoms with Gasteiger partial charge in [0.15, 0.2) is 0 Å². The Balaban J connectivity index is 2.61. The van der Waals surface area contributed by atoms with Gasteiger partial charge in [-0.15, -0.1) is 5.73 Å². The van der Waals surface area contributed by atoms with E-state index in [1.54, 1.807) is 0 Å². The van der Waals surface area contributed by atoms with Crippen molar-refractivity contribution in [1.29, 1.82) is 0 Å². The van der Waals surface area contributed by atoms with Gasteiger partial charge >= 0.3 is 0 Å². The number of unbranched alkanes of at least 4 members (excludes halogenated alkanes) is 1. The van der Waals surface area contributed by atoms with Crippen molar-refractivity contribution in [3.05, 3.63) is 16.9 Å². The van der Waals surface area contributed by atoms with Crippen LogP contribution in [0.1, 0.15) is 64.7 Å². The summed E-state index contributed by atoms with van der Waals surface area (Å²) in [5, 5.41) is 9.00. The lowest BCUT2D eigenvalue weighted by Crippen LogP contribution is -1.94. The Bertz CT molecular complexity index is 226.